The third-order valence-corrected chi connectivity index (χ3v) is 3.54. The van der Waals surface area contributed by atoms with Crippen molar-refractivity contribution in [3.05, 3.63) is 23.7 Å². The van der Waals surface area contributed by atoms with E-state index in [9.17, 15) is 19.2 Å². The highest BCUT2D eigenvalue weighted by molar-refractivity contribution is 5.77. The Bertz CT molecular complexity index is 578. The number of hydrogen-bond acceptors (Lipinski definition) is 7. The van der Waals surface area contributed by atoms with Gasteiger partial charge in [-0.3, -0.25) is 19.2 Å². The summed E-state index contributed by atoms with van der Waals surface area (Å²) in [4.78, 5) is 42.2. The number of furan rings is 1. The van der Waals surface area contributed by atoms with Crippen molar-refractivity contribution in [3.8, 4) is 0 Å². The number of rotatable bonds is 14. The summed E-state index contributed by atoms with van der Waals surface area (Å²) in [6.45, 7) is 0.494. The minimum Gasteiger partial charge on any atom is -0.481 e. The van der Waals surface area contributed by atoms with E-state index in [0.717, 1.165) is 0 Å². The lowest BCUT2D eigenvalue weighted by Gasteiger charge is -2.12. The van der Waals surface area contributed by atoms with E-state index in [1.54, 1.807) is 12.1 Å². The average Bonchev–Trinajstić information content (AvgIpc) is 3.01. The second kappa shape index (κ2) is 10.8. The zero-order valence-electron chi connectivity index (χ0n) is 13.5. The van der Waals surface area contributed by atoms with E-state index < -0.39 is 30.4 Å². The third-order valence-electron chi connectivity index (χ3n) is 3.54. The molecule has 0 amide bonds. The number of aryl methyl sites for hydroxylation is 2. The Morgan fingerprint density at radius 1 is 1.08 bits per heavy atom. The van der Waals surface area contributed by atoms with Crippen molar-refractivity contribution in [3.63, 3.8) is 0 Å². The Morgan fingerprint density at radius 3 is 2.24 bits per heavy atom. The lowest BCUT2D eigenvalue weighted by molar-refractivity contribution is -0.148. The van der Waals surface area contributed by atoms with E-state index in [2.05, 4.69) is 4.74 Å². The molecule has 0 bridgehead atoms. The summed E-state index contributed by atoms with van der Waals surface area (Å²) in [7, 11) is 0. The van der Waals surface area contributed by atoms with Crippen LogP contribution >= 0.6 is 0 Å². The van der Waals surface area contributed by atoms with Crippen LogP contribution in [0.5, 0.6) is 0 Å². The Kier molecular flexibility index (Phi) is 8.77. The summed E-state index contributed by atoms with van der Waals surface area (Å²) in [5, 5.41) is 17.7. The molecule has 138 valence electrons. The number of carboxylic acid groups (broad SMARTS) is 2. The molecular weight excluding hydrogens is 336 g/mol. The van der Waals surface area contributed by atoms with E-state index in [1.807, 2.05) is 0 Å². The molecule has 0 saturated carbocycles. The molecule has 0 spiro atoms. The second-order valence-corrected chi connectivity index (χ2v) is 5.36. The minimum absolute atomic E-state index is 0.0503. The van der Waals surface area contributed by atoms with E-state index in [1.165, 1.54) is 0 Å². The van der Waals surface area contributed by atoms with Crippen molar-refractivity contribution in [2.45, 2.75) is 38.2 Å². The van der Waals surface area contributed by atoms with Crippen molar-refractivity contribution in [2.75, 3.05) is 6.61 Å². The molecule has 0 saturated heterocycles. The first-order valence-corrected chi connectivity index (χ1v) is 7.62. The lowest BCUT2D eigenvalue weighted by atomic mass is 9.99. The van der Waals surface area contributed by atoms with Gasteiger partial charge in [-0.2, -0.15) is 0 Å². The fourth-order valence-corrected chi connectivity index (χ4v) is 2.25. The zero-order chi connectivity index (χ0) is 18.7. The van der Waals surface area contributed by atoms with E-state index in [0.29, 0.717) is 30.8 Å². The molecular formula is C16H20O9. The number of carbonyl (C=O) groups is 4. The Balaban J connectivity index is 2.49. The van der Waals surface area contributed by atoms with E-state index in [4.69, 9.17) is 19.4 Å². The van der Waals surface area contributed by atoms with Gasteiger partial charge in [-0.15, -0.1) is 0 Å². The highest BCUT2D eigenvalue weighted by atomic mass is 16.6. The Morgan fingerprint density at radius 2 is 1.72 bits per heavy atom. The van der Waals surface area contributed by atoms with Gasteiger partial charge in [0.1, 0.15) is 24.2 Å². The van der Waals surface area contributed by atoms with Gasteiger partial charge >= 0.3 is 11.9 Å². The average molecular weight is 356 g/mol. The summed E-state index contributed by atoms with van der Waals surface area (Å²) in [5.74, 6) is -2.14. The van der Waals surface area contributed by atoms with Crippen LogP contribution in [0.2, 0.25) is 0 Å². The lowest BCUT2D eigenvalue weighted by Crippen LogP contribution is -2.19. The number of carbonyl (C=O) groups excluding carboxylic acids is 2. The summed E-state index contributed by atoms with van der Waals surface area (Å²) in [6.07, 6.45) is 0.243. The quantitative estimate of drug-likeness (QED) is 0.468. The van der Waals surface area contributed by atoms with Gasteiger partial charge < -0.3 is 24.1 Å². The van der Waals surface area contributed by atoms with Crippen molar-refractivity contribution >= 4 is 24.9 Å². The molecule has 0 radical (unpaired) electrons. The van der Waals surface area contributed by atoms with Crippen LogP contribution in [-0.2, 0) is 41.5 Å². The molecule has 25 heavy (non-hydrogen) atoms. The maximum absolute atomic E-state index is 11.0. The minimum atomic E-state index is -1.16. The Labute approximate surface area is 143 Å². The molecule has 0 aliphatic heterocycles. The molecule has 0 fully saturated rings. The normalized spacial score (nSPS) is 12.8. The van der Waals surface area contributed by atoms with Gasteiger partial charge in [0.2, 0.25) is 0 Å². The third kappa shape index (κ3) is 8.00. The maximum Gasteiger partial charge on any atom is 0.307 e. The van der Waals surface area contributed by atoms with Crippen LogP contribution in [0.15, 0.2) is 16.5 Å². The summed E-state index contributed by atoms with van der Waals surface area (Å²) in [6, 6.07) is 3.40. The number of aliphatic carboxylic acids is 2. The van der Waals surface area contributed by atoms with E-state index in [-0.39, 0.29) is 26.0 Å². The van der Waals surface area contributed by atoms with Crippen LogP contribution in [0.1, 0.15) is 30.8 Å². The molecule has 1 heterocycles. The highest BCUT2D eigenvalue weighted by Crippen LogP contribution is 2.18. The molecule has 1 rings (SSSR count). The van der Waals surface area contributed by atoms with E-state index >= 15 is 0 Å². The second-order valence-electron chi connectivity index (χ2n) is 5.36. The van der Waals surface area contributed by atoms with Gasteiger partial charge in [-0.05, 0) is 25.0 Å². The molecule has 1 aromatic heterocycles. The van der Waals surface area contributed by atoms with Crippen molar-refractivity contribution < 1.29 is 43.3 Å². The maximum atomic E-state index is 11.0. The van der Waals surface area contributed by atoms with Gasteiger partial charge in [0.15, 0.2) is 0 Å². The van der Waals surface area contributed by atoms with Crippen LogP contribution < -0.4 is 0 Å². The number of hydrogen-bond donors (Lipinski definition) is 2. The largest absolute Gasteiger partial charge is 0.481 e. The monoisotopic (exact) mass is 356 g/mol. The molecule has 2 N–H and O–H groups in total. The summed E-state index contributed by atoms with van der Waals surface area (Å²) >= 11 is 0. The van der Waals surface area contributed by atoms with Crippen LogP contribution in [0.4, 0.5) is 0 Å². The first kappa shape index (κ1) is 20.2. The van der Waals surface area contributed by atoms with Gasteiger partial charge in [0.05, 0.1) is 12.3 Å². The van der Waals surface area contributed by atoms with Crippen LogP contribution in [0.3, 0.4) is 0 Å². The van der Waals surface area contributed by atoms with Gasteiger partial charge in [-0.25, -0.2) is 0 Å². The molecule has 9 heteroatoms. The first-order chi connectivity index (χ1) is 12.0. The SMILES string of the molecule is O=COCC(CCc1ccc(CCC(CC(=O)O)C(=O)O)o1)OC=O. The molecule has 0 aliphatic carbocycles. The molecule has 1 aromatic rings. The molecule has 0 aromatic carbocycles. The van der Waals surface area contributed by atoms with Crippen molar-refractivity contribution in [1.29, 1.82) is 0 Å². The fourth-order valence-electron chi connectivity index (χ4n) is 2.25. The smallest absolute Gasteiger partial charge is 0.307 e. The molecule has 0 aliphatic rings. The molecule has 9 nitrogen and oxygen atoms in total. The first-order valence-electron chi connectivity index (χ1n) is 7.62. The van der Waals surface area contributed by atoms with Crippen LogP contribution in [0.25, 0.3) is 0 Å². The number of ether oxygens (including phenoxy) is 2. The van der Waals surface area contributed by atoms with Gasteiger partial charge in [0.25, 0.3) is 12.9 Å². The topological polar surface area (TPSA) is 140 Å². The Hall–Kier alpha value is -2.84. The predicted octanol–water partition coefficient (Wildman–Crippen LogP) is 1.03. The summed E-state index contributed by atoms with van der Waals surface area (Å²) < 4.78 is 14.9. The summed E-state index contributed by atoms with van der Waals surface area (Å²) in [5.41, 5.74) is 0. The van der Waals surface area contributed by atoms with Crippen LogP contribution in [0, 0.1) is 5.92 Å². The van der Waals surface area contributed by atoms with Gasteiger partial charge in [-0.1, -0.05) is 0 Å². The van der Waals surface area contributed by atoms with Gasteiger partial charge in [0, 0.05) is 12.8 Å². The standard InChI is InChI=1S/C16H20O9/c17-9-23-8-14(24-10-18)6-5-13-4-3-12(25-13)2-1-11(16(21)22)7-15(19)20/h3-4,9-11,14H,1-2,5-8H2,(H,19,20)(H,21,22). The predicted molar refractivity (Wildman–Crippen MR) is 81.7 cm³/mol. The fraction of sp³-hybridized carbons (Fsp3) is 0.500. The van der Waals surface area contributed by atoms with Crippen molar-refractivity contribution in [2.24, 2.45) is 5.92 Å². The molecule has 2 atom stereocenters. The van der Waals surface area contributed by atoms with Crippen LogP contribution in [-0.4, -0.2) is 47.8 Å². The number of carboxylic acids is 2. The highest BCUT2D eigenvalue weighted by Gasteiger charge is 2.21. The molecule has 2 unspecified atom stereocenters. The zero-order valence-corrected chi connectivity index (χ0v) is 13.5. The van der Waals surface area contributed by atoms with Crippen molar-refractivity contribution in [1.82, 2.24) is 0 Å².